The third-order valence-electron chi connectivity index (χ3n) is 23.1. The van der Waals surface area contributed by atoms with E-state index >= 15 is 0 Å². The number of Topliss-reactive ketones (excluding diaryl/α,β-unsaturated/α-hetero) is 1. The van der Waals surface area contributed by atoms with Crippen molar-refractivity contribution in [2.24, 2.45) is 98.6 Å². The Labute approximate surface area is 369 Å². The first-order valence-electron chi connectivity index (χ1n) is 26.2. The van der Waals surface area contributed by atoms with Crippen LogP contribution in [0.1, 0.15) is 171 Å². The van der Waals surface area contributed by atoms with Crippen LogP contribution in [0.5, 0.6) is 0 Å². The van der Waals surface area contributed by atoms with Crippen molar-refractivity contribution < 1.29 is 34.0 Å². The second kappa shape index (κ2) is 14.6. The number of carbonyl (C=O) groups is 1. The predicted octanol–water partition coefficient (Wildman–Crippen LogP) is 10.7. The Morgan fingerprint density at radius 1 is 0.590 bits per heavy atom. The number of hydrogen-bond donors (Lipinski definition) is 2. The van der Waals surface area contributed by atoms with Crippen molar-refractivity contribution in [2.45, 2.75) is 207 Å². The van der Waals surface area contributed by atoms with Gasteiger partial charge in [0.15, 0.2) is 11.6 Å². The molecular weight excluding hydrogens is 761 g/mol. The summed E-state index contributed by atoms with van der Waals surface area (Å²) in [4.78, 5) is 14.0. The Balaban J connectivity index is 0.000000138. The molecule has 61 heavy (non-hydrogen) atoms. The van der Waals surface area contributed by atoms with Gasteiger partial charge >= 0.3 is 0 Å². The van der Waals surface area contributed by atoms with Crippen LogP contribution in [0, 0.1) is 98.6 Å². The number of ketones is 1. The number of aliphatic hydroxyl groups is 2. The summed E-state index contributed by atoms with van der Waals surface area (Å²) < 4.78 is 26.5. The van der Waals surface area contributed by atoms with Gasteiger partial charge in [-0.25, -0.2) is 0 Å². The van der Waals surface area contributed by atoms with E-state index in [1.165, 1.54) is 51.4 Å². The molecule has 0 amide bonds. The Kier molecular flexibility index (Phi) is 10.2. The van der Waals surface area contributed by atoms with Crippen molar-refractivity contribution in [3.8, 4) is 0 Å². The average molecular weight is 845 g/mol. The first-order valence-corrected chi connectivity index (χ1v) is 26.2. The SMILES string of the molecule is C[C@@H]1CC[C@@]2(OC1)O[C@H]1C[C@H]3[C@@H]4CC=C5C[C@@H](O)CC[C@]5(C)[C@H]4CC[C@]3(C)[C@H]1[C@@H]2C.C[C@@H]1CC[C@@]2(OC1)O[C@H]1C[C@H]3[C@@H]4CC[C@H]5C[C@@H](O)CC[C@]5(C)[C@H]4CC(=O)[C@]3(C)[C@H]1[C@@H]2C. The van der Waals surface area contributed by atoms with Crippen molar-refractivity contribution in [1.29, 1.82) is 0 Å². The van der Waals surface area contributed by atoms with Gasteiger partial charge in [-0.1, -0.05) is 67.0 Å². The zero-order valence-corrected chi connectivity index (χ0v) is 39.5. The van der Waals surface area contributed by atoms with E-state index in [9.17, 15) is 15.0 Å². The fourth-order valence-corrected chi connectivity index (χ4v) is 19.6. The van der Waals surface area contributed by atoms with Gasteiger partial charge in [0.25, 0.3) is 0 Å². The molecule has 12 aliphatic rings. The number of fused-ring (bicyclic) bond motifs is 14. The van der Waals surface area contributed by atoms with Crippen LogP contribution in [0.4, 0.5) is 0 Å². The number of carbonyl (C=O) groups excluding carboxylic acids is 1. The molecule has 2 spiro atoms. The van der Waals surface area contributed by atoms with Crippen LogP contribution in [-0.2, 0) is 23.7 Å². The maximum atomic E-state index is 14.0. The number of aliphatic hydroxyl groups excluding tert-OH is 2. The maximum absolute atomic E-state index is 14.0. The molecule has 0 aromatic rings. The van der Waals surface area contributed by atoms with E-state index in [2.05, 4.69) is 61.5 Å². The molecule has 12 rings (SSSR count). The molecular formula is C54H84O7. The minimum atomic E-state index is -0.448. The molecule has 7 heteroatoms. The van der Waals surface area contributed by atoms with Crippen LogP contribution >= 0.6 is 0 Å². The Morgan fingerprint density at radius 2 is 1.21 bits per heavy atom. The van der Waals surface area contributed by atoms with Crippen molar-refractivity contribution in [1.82, 2.24) is 0 Å². The molecule has 4 heterocycles. The molecule has 4 saturated heterocycles. The monoisotopic (exact) mass is 845 g/mol. The van der Waals surface area contributed by atoms with Gasteiger partial charge in [-0.3, -0.25) is 4.79 Å². The van der Waals surface area contributed by atoms with E-state index in [1.54, 1.807) is 5.57 Å². The Bertz CT molecular complexity index is 1740. The van der Waals surface area contributed by atoms with Gasteiger partial charge in [-0.05, 0) is 172 Å². The average Bonchev–Trinajstić information content (AvgIpc) is 3.89. The summed E-state index contributed by atoms with van der Waals surface area (Å²) in [6, 6.07) is 0. The first-order chi connectivity index (χ1) is 29.0. The Hall–Kier alpha value is -0.830. The van der Waals surface area contributed by atoms with Gasteiger partial charge in [-0.2, -0.15) is 0 Å². The summed E-state index contributed by atoms with van der Waals surface area (Å²) in [5.74, 6) is 7.39. The fraction of sp³-hybridized carbons (Fsp3) is 0.944. The van der Waals surface area contributed by atoms with Crippen LogP contribution in [0.3, 0.4) is 0 Å². The highest BCUT2D eigenvalue weighted by Crippen LogP contribution is 2.72. The summed E-state index contributed by atoms with van der Waals surface area (Å²) in [6.07, 6.45) is 22.8. The second-order valence-electron chi connectivity index (χ2n) is 25.6. The van der Waals surface area contributed by atoms with Crippen LogP contribution in [0.2, 0.25) is 0 Å². The van der Waals surface area contributed by atoms with Gasteiger partial charge in [-0.15, -0.1) is 0 Å². The van der Waals surface area contributed by atoms with Crippen molar-refractivity contribution in [2.75, 3.05) is 13.2 Å². The van der Waals surface area contributed by atoms with E-state index in [1.807, 2.05) is 0 Å². The highest BCUT2D eigenvalue weighted by atomic mass is 16.7. The lowest BCUT2D eigenvalue weighted by Gasteiger charge is -2.60. The lowest BCUT2D eigenvalue weighted by molar-refractivity contribution is -0.272. The molecule has 0 bridgehead atoms. The summed E-state index contributed by atoms with van der Waals surface area (Å²) >= 11 is 0. The predicted molar refractivity (Wildman–Crippen MR) is 236 cm³/mol. The van der Waals surface area contributed by atoms with Crippen molar-refractivity contribution >= 4 is 5.78 Å². The maximum Gasteiger partial charge on any atom is 0.171 e. The number of ether oxygens (including phenoxy) is 4. The zero-order valence-electron chi connectivity index (χ0n) is 39.5. The lowest BCUT2D eigenvalue weighted by Crippen LogP contribution is -2.58. The Morgan fingerprint density at radius 3 is 1.89 bits per heavy atom. The van der Waals surface area contributed by atoms with Crippen molar-refractivity contribution in [3.63, 3.8) is 0 Å². The molecule has 7 nitrogen and oxygen atoms in total. The molecule has 11 fully saturated rings. The van der Waals surface area contributed by atoms with Gasteiger partial charge in [0.05, 0.1) is 37.6 Å². The van der Waals surface area contributed by atoms with E-state index < -0.39 is 5.79 Å². The number of allylic oxidation sites excluding steroid dienone is 1. The van der Waals surface area contributed by atoms with E-state index in [4.69, 9.17) is 18.9 Å². The van der Waals surface area contributed by atoms with Gasteiger partial charge in [0.2, 0.25) is 0 Å². The minimum Gasteiger partial charge on any atom is -0.393 e. The molecule has 2 N–H and O–H groups in total. The molecule has 0 radical (unpaired) electrons. The topological polar surface area (TPSA) is 94.5 Å². The first kappa shape index (κ1) is 42.8. The molecule has 4 aliphatic heterocycles. The molecule has 342 valence electrons. The molecule has 0 unspecified atom stereocenters. The summed E-state index contributed by atoms with van der Waals surface area (Å²) in [5.41, 5.74) is 2.29. The van der Waals surface area contributed by atoms with Crippen LogP contribution in [-0.4, -0.2) is 65.2 Å². The third-order valence-corrected chi connectivity index (χ3v) is 23.1. The smallest absolute Gasteiger partial charge is 0.171 e. The molecule has 8 aliphatic carbocycles. The lowest BCUT2D eigenvalue weighted by atomic mass is 9.44. The summed E-state index contributed by atoms with van der Waals surface area (Å²) in [5, 5.41) is 20.5. The van der Waals surface area contributed by atoms with Gasteiger partial charge < -0.3 is 29.2 Å². The molecule has 7 saturated carbocycles. The highest BCUT2D eigenvalue weighted by molar-refractivity contribution is 5.87. The zero-order chi connectivity index (χ0) is 42.6. The van der Waals surface area contributed by atoms with Crippen molar-refractivity contribution in [3.05, 3.63) is 11.6 Å². The summed E-state index contributed by atoms with van der Waals surface area (Å²) in [6.45, 7) is 20.9. The van der Waals surface area contributed by atoms with Crippen LogP contribution < -0.4 is 0 Å². The standard InChI is InChI=1S/C27H42O4.C27H42O3/c1-15-7-10-27(30-14-15)16(2)24-22(31-27)12-21-19-6-5-17-11-18(28)8-9-25(17,3)20(19)13-23(29)26(21,24)4;1-16-7-12-27(29-15-16)17(2)24-23(30-27)14-22-20-6-5-18-13-19(28)8-10-25(18,3)21(20)9-11-26(22,24)4/h15-22,24,28H,5-14H2,1-4H3;5,16-17,19-24,28H,6-15H2,1-4H3/t15-,16+,17+,18+,19-,20+,21+,22+,24+,25+,26-,27-;16-,17+,19+,20-,21+,22+,23+,24+,25+,26+,27-/m11/s1. The fourth-order valence-electron chi connectivity index (χ4n) is 19.6. The highest BCUT2D eigenvalue weighted by Gasteiger charge is 2.72. The van der Waals surface area contributed by atoms with Crippen LogP contribution in [0.25, 0.3) is 0 Å². The quantitative estimate of drug-likeness (QED) is 0.235. The largest absolute Gasteiger partial charge is 0.393 e. The number of hydrogen-bond acceptors (Lipinski definition) is 7. The molecule has 23 atom stereocenters. The normalized spacial score (nSPS) is 60.4. The third kappa shape index (κ3) is 6.02. The minimum absolute atomic E-state index is 0.107. The summed E-state index contributed by atoms with van der Waals surface area (Å²) in [7, 11) is 0. The van der Waals surface area contributed by atoms with E-state index in [-0.39, 0.29) is 40.8 Å². The van der Waals surface area contributed by atoms with E-state index in [0.29, 0.717) is 76.0 Å². The molecule has 0 aromatic heterocycles. The van der Waals surface area contributed by atoms with Gasteiger partial charge in [0, 0.05) is 42.4 Å². The van der Waals surface area contributed by atoms with E-state index in [0.717, 1.165) is 95.2 Å². The molecule has 0 aromatic carbocycles. The number of rotatable bonds is 0. The van der Waals surface area contributed by atoms with Gasteiger partial charge in [0.1, 0.15) is 5.78 Å². The second-order valence-corrected chi connectivity index (χ2v) is 25.6. The van der Waals surface area contributed by atoms with Crippen LogP contribution in [0.15, 0.2) is 11.6 Å².